The Labute approximate surface area is 174 Å². The Morgan fingerprint density at radius 1 is 1.03 bits per heavy atom. The second-order valence-electron chi connectivity index (χ2n) is 7.49. The van der Waals surface area contributed by atoms with Gasteiger partial charge in [0.05, 0.1) is 11.0 Å². The Morgan fingerprint density at radius 3 is 2.77 bits per heavy atom. The SMILES string of the molecule is O=C(c1ccccc1)N1CCC(CNc2nccc(-n3cnc4ccccc43)n2)C1. The molecule has 3 heterocycles. The molecule has 1 aliphatic heterocycles. The van der Waals surface area contributed by atoms with Gasteiger partial charge in [-0.3, -0.25) is 9.36 Å². The van der Waals surface area contributed by atoms with Gasteiger partial charge < -0.3 is 10.2 Å². The zero-order chi connectivity index (χ0) is 20.3. The van der Waals surface area contributed by atoms with Crippen molar-refractivity contribution in [2.24, 2.45) is 5.92 Å². The number of carbonyl (C=O) groups excluding carboxylic acids is 1. The van der Waals surface area contributed by atoms with Gasteiger partial charge in [-0.15, -0.1) is 0 Å². The van der Waals surface area contributed by atoms with Crippen LogP contribution in [0, 0.1) is 5.92 Å². The van der Waals surface area contributed by atoms with E-state index in [0.29, 0.717) is 11.9 Å². The normalized spacial score (nSPS) is 16.1. The fourth-order valence-corrected chi connectivity index (χ4v) is 3.89. The highest BCUT2D eigenvalue weighted by Crippen LogP contribution is 2.20. The molecular formula is C23H22N6O. The molecule has 7 nitrogen and oxygen atoms in total. The zero-order valence-electron chi connectivity index (χ0n) is 16.5. The van der Waals surface area contributed by atoms with E-state index in [-0.39, 0.29) is 5.91 Å². The van der Waals surface area contributed by atoms with Crippen LogP contribution in [-0.4, -0.2) is 50.0 Å². The molecule has 30 heavy (non-hydrogen) atoms. The fraction of sp³-hybridized carbons (Fsp3) is 0.217. The van der Waals surface area contributed by atoms with Gasteiger partial charge in [0, 0.05) is 31.4 Å². The lowest BCUT2D eigenvalue weighted by atomic mass is 10.1. The van der Waals surface area contributed by atoms with Crippen molar-refractivity contribution in [3.63, 3.8) is 0 Å². The number of benzene rings is 2. The number of nitrogens with zero attached hydrogens (tertiary/aromatic N) is 5. The highest BCUT2D eigenvalue weighted by atomic mass is 16.2. The first kappa shape index (κ1) is 18.3. The number of aromatic nitrogens is 4. The summed E-state index contributed by atoms with van der Waals surface area (Å²) in [5, 5.41) is 3.34. The average Bonchev–Trinajstić information content (AvgIpc) is 3.45. The summed E-state index contributed by atoms with van der Waals surface area (Å²) < 4.78 is 1.96. The Balaban J connectivity index is 1.23. The molecule has 1 atom stereocenters. The topological polar surface area (TPSA) is 75.9 Å². The van der Waals surface area contributed by atoms with Crippen molar-refractivity contribution in [1.29, 1.82) is 0 Å². The molecule has 4 aromatic rings. The molecule has 1 saturated heterocycles. The summed E-state index contributed by atoms with van der Waals surface area (Å²) in [7, 11) is 0. The molecule has 1 N–H and O–H groups in total. The van der Waals surface area contributed by atoms with E-state index in [4.69, 9.17) is 0 Å². The number of nitrogens with one attached hydrogen (secondary N) is 1. The van der Waals surface area contributed by atoms with Crippen LogP contribution in [0.3, 0.4) is 0 Å². The Bertz CT molecular complexity index is 1170. The van der Waals surface area contributed by atoms with E-state index in [1.807, 2.05) is 70.1 Å². The number of amides is 1. The molecule has 7 heteroatoms. The van der Waals surface area contributed by atoms with Crippen LogP contribution in [-0.2, 0) is 0 Å². The first-order valence-electron chi connectivity index (χ1n) is 10.1. The summed E-state index contributed by atoms with van der Waals surface area (Å²) >= 11 is 0. The highest BCUT2D eigenvalue weighted by Gasteiger charge is 2.26. The van der Waals surface area contributed by atoms with Crippen molar-refractivity contribution in [2.75, 3.05) is 25.0 Å². The molecule has 1 aliphatic rings. The first-order chi connectivity index (χ1) is 14.8. The van der Waals surface area contributed by atoms with Gasteiger partial charge in [0.25, 0.3) is 5.91 Å². The Kier molecular flexibility index (Phi) is 4.85. The van der Waals surface area contributed by atoms with Crippen LogP contribution >= 0.6 is 0 Å². The Morgan fingerprint density at radius 2 is 1.87 bits per heavy atom. The van der Waals surface area contributed by atoms with Crippen LogP contribution in [0.5, 0.6) is 0 Å². The van der Waals surface area contributed by atoms with Crippen molar-refractivity contribution in [3.8, 4) is 5.82 Å². The predicted octanol–water partition coefficient (Wildman–Crippen LogP) is 3.39. The standard InChI is InChI=1S/C23H22N6O/c30-22(18-6-2-1-3-7-18)28-13-11-17(15-28)14-25-23-24-12-10-21(27-23)29-16-26-19-8-4-5-9-20(19)29/h1-10,12,16-17H,11,13-15H2,(H,24,25,27). The number of likely N-dealkylation sites (tertiary alicyclic amines) is 1. The molecule has 1 fully saturated rings. The third kappa shape index (κ3) is 3.61. The first-order valence-corrected chi connectivity index (χ1v) is 10.1. The number of carbonyl (C=O) groups is 1. The number of anilines is 1. The maximum absolute atomic E-state index is 12.6. The minimum absolute atomic E-state index is 0.100. The summed E-state index contributed by atoms with van der Waals surface area (Å²) in [6, 6.07) is 19.3. The van der Waals surface area contributed by atoms with Gasteiger partial charge in [0.1, 0.15) is 12.1 Å². The van der Waals surface area contributed by atoms with Crippen molar-refractivity contribution in [2.45, 2.75) is 6.42 Å². The number of rotatable bonds is 5. The van der Waals surface area contributed by atoms with E-state index in [1.165, 1.54) is 0 Å². The molecule has 2 aromatic carbocycles. The molecule has 0 saturated carbocycles. The molecule has 150 valence electrons. The van der Waals surface area contributed by atoms with Crippen LogP contribution in [0.25, 0.3) is 16.9 Å². The van der Waals surface area contributed by atoms with Crippen LogP contribution in [0.4, 0.5) is 5.95 Å². The third-order valence-corrected chi connectivity index (χ3v) is 5.48. The maximum Gasteiger partial charge on any atom is 0.253 e. The lowest BCUT2D eigenvalue weighted by Gasteiger charge is -2.17. The summed E-state index contributed by atoms with van der Waals surface area (Å²) in [6.45, 7) is 2.25. The summed E-state index contributed by atoms with van der Waals surface area (Å²) in [4.78, 5) is 28.0. The molecule has 0 bridgehead atoms. The van der Waals surface area contributed by atoms with E-state index in [0.717, 1.165) is 48.5 Å². The van der Waals surface area contributed by atoms with Gasteiger partial charge >= 0.3 is 0 Å². The highest BCUT2D eigenvalue weighted by molar-refractivity contribution is 5.94. The van der Waals surface area contributed by atoms with E-state index in [1.54, 1.807) is 12.5 Å². The van der Waals surface area contributed by atoms with E-state index < -0.39 is 0 Å². The minimum atomic E-state index is 0.100. The molecule has 2 aromatic heterocycles. The second-order valence-corrected chi connectivity index (χ2v) is 7.49. The monoisotopic (exact) mass is 398 g/mol. The van der Waals surface area contributed by atoms with Crippen molar-refractivity contribution in [1.82, 2.24) is 24.4 Å². The molecule has 0 spiro atoms. The van der Waals surface area contributed by atoms with Crippen LogP contribution in [0.2, 0.25) is 0 Å². The largest absolute Gasteiger partial charge is 0.354 e. The maximum atomic E-state index is 12.6. The molecule has 5 rings (SSSR count). The lowest BCUT2D eigenvalue weighted by molar-refractivity contribution is 0.0788. The van der Waals surface area contributed by atoms with Crippen LogP contribution in [0.1, 0.15) is 16.8 Å². The van der Waals surface area contributed by atoms with Gasteiger partial charge in [-0.1, -0.05) is 30.3 Å². The number of hydrogen-bond acceptors (Lipinski definition) is 5. The smallest absolute Gasteiger partial charge is 0.253 e. The van der Waals surface area contributed by atoms with Crippen LogP contribution in [0.15, 0.2) is 73.2 Å². The number of imidazole rings is 1. The van der Waals surface area contributed by atoms with Gasteiger partial charge in [0.2, 0.25) is 5.95 Å². The molecular weight excluding hydrogens is 376 g/mol. The van der Waals surface area contributed by atoms with E-state index in [2.05, 4.69) is 20.3 Å². The van der Waals surface area contributed by atoms with Gasteiger partial charge in [-0.2, -0.15) is 4.98 Å². The van der Waals surface area contributed by atoms with E-state index in [9.17, 15) is 4.79 Å². The molecule has 0 aliphatic carbocycles. The Hall–Kier alpha value is -3.74. The molecule has 1 amide bonds. The number of hydrogen-bond donors (Lipinski definition) is 1. The number of para-hydroxylation sites is 2. The van der Waals surface area contributed by atoms with Gasteiger partial charge in [0.15, 0.2) is 0 Å². The average molecular weight is 398 g/mol. The summed E-state index contributed by atoms with van der Waals surface area (Å²) in [5.41, 5.74) is 2.68. The van der Waals surface area contributed by atoms with Crippen molar-refractivity contribution < 1.29 is 4.79 Å². The molecule has 1 unspecified atom stereocenters. The number of fused-ring (bicyclic) bond motifs is 1. The lowest BCUT2D eigenvalue weighted by Crippen LogP contribution is -2.29. The zero-order valence-corrected chi connectivity index (χ0v) is 16.5. The summed E-state index contributed by atoms with van der Waals surface area (Å²) in [5.74, 6) is 1.83. The second kappa shape index (κ2) is 7.94. The van der Waals surface area contributed by atoms with E-state index >= 15 is 0 Å². The minimum Gasteiger partial charge on any atom is -0.354 e. The summed E-state index contributed by atoms with van der Waals surface area (Å²) in [6.07, 6.45) is 4.50. The van der Waals surface area contributed by atoms with Crippen molar-refractivity contribution >= 4 is 22.9 Å². The molecule has 0 radical (unpaired) electrons. The quantitative estimate of drug-likeness (QED) is 0.558. The fourth-order valence-electron chi connectivity index (χ4n) is 3.89. The van der Waals surface area contributed by atoms with Gasteiger partial charge in [-0.25, -0.2) is 9.97 Å². The predicted molar refractivity (Wildman–Crippen MR) is 116 cm³/mol. The van der Waals surface area contributed by atoms with Gasteiger partial charge in [-0.05, 0) is 42.7 Å². The van der Waals surface area contributed by atoms with Crippen LogP contribution < -0.4 is 5.32 Å². The van der Waals surface area contributed by atoms with Crippen molar-refractivity contribution in [3.05, 3.63) is 78.8 Å². The third-order valence-electron chi connectivity index (χ3n) is 5.48.